The third-order valence-corrected chi connectivity index (χ3v) is 3.67. The van der Waals surface area contributed by atoms with Gasteiger partial charge in [0.25, 0.3) is 0 Å². The molecule has 0 spiro atoms. The van der Waals surface area contributed by atoms with Gasteiger partial charge in [-0.05, 0) is 16.3 Å². The number of guanidine groups is 1. The summed E-state index contributed by atoms with van der Waals surface area (Å²) in [6, 6.07) is 14.5. The monoisotopic (exact) mass is 283 g/mol. The molecule has 0 aromatic heterocycles. The van der Waals surface area contributed by atoms with Crippen molar-refractivity contribution in [1.29, 1.82) is 0 Å². The fourth-order valence-electron chi connectivity index (χ4n) is 2.61. The molecule has 21 heavy (non-hydrogen) atoms. The third kappa shape index (κ3) is 2.54. The van der Waals surface area contributed by atoms with Crippen LogP contribution in [0.1, 0.15) is 11.6 Å². The second kappa shape index (κ2) is 5.44. The van der Waals surface area contributed by atoms with Crippen LogP contribution in [-0.2, 0) is 4.74 Å². The average molecular weight is 283 g/mol. The number of hydrogen-bond acceptors (Lipinski definition) is 4. The second-order valence-electron chi connectivity index (χ2n) is 5.03. The largest absolute Gasteiger partial charge is 0.453 e. The predicted octanol–water partition coefficient (Wildman–Crippen LogP) is 2.54. The quantitative estimate of drug-likeness (QED) is 0.875. The van der Waals surface area contributed by atoms with E-state index in [9.17, 15) is 4.79 Å². The van der Waals surface area contributed by atoms with Crippen LogP contribution >= 0.6 is 0 Å². The molecule has 0 unspecified atom stereocenters. The van der Waals surface area contributed by atoms with E-state index in [2.05, 4.69) is 39.3 Å². The summed E-state index contributed by atoms with van der Waals surface area (Å²) in [4.78, 5) is 17.9. The summed E-state index contributed by atoms with van der Waals surface area (Å²) < 4.78 is 4.61. The van der Waals surface area contributed by atoms with E-state index in [1.807, 2.05) is 30.1 Å². The molecule has 1 heterocycles. The van der Waals surface area contributed by atoms with Gasteiger partial charge in [0.1, 0.15) is 0 Å². The van der Waals surface area contributed by atoms with Gasteiger partial charge in [-0.15, -0.1) is 0 Å². The summed E-state index contributed by atoms with van der Waals surface area (Å²) >= 11 is 0. The lowest BCUT2D eigenvalue weighted by molar-refractivity contribution is 0.176. The maximum atomic E-state index is 11.3. The summed E-state index contributed by atoms with van der Waals surface area (Å²) in [7, 11) is 3.24. The van der Waals surface area contributed by atoms with Gasteiger partial charge >= 0.3 is 6.09 Å². The molecule has 2 aromatic rings. The van der Waals surface area contributed by atoms with Crippen molar-refractivity contribution in [3.05, 3.63) is 48.0 Å². The lowest BCUT2D eigenvalue weighted by atomic mass is 9.99. The molecule has 1 atom stereocenters. The highest BCUT2D eigenvalue weighted by Crippen LogP contribution is 2.29. The molecule has 0 aliphatic carbocycles. The van der Waals surface area contributed by atoms with Gasteiger partial charge in [0.2, 0.25) is 5.96 Å². The zero-order valence-electron chi connectivity index (χ0n) is 12.0. The molecule has 3 rings (SSSR count). The first-order valence-electron chi connectivity index (χ1n) is 6.80. The van der Waals surface area contributed by atoms with Gasteiger partial charge in [-0.25, -0.2) is 9.79 Å². The number of fused-ring (bicyclic) bond motifs is 1. The van der Waals surface area contributed by atoms with Crippen molar-refractivity contribution < 1.29 is 9.53 Å². The molecule has 0 bridgehead atoms. The van der Waals surface area contributed by atoms with Crippen molar-refractivity contribution in [2.45, 2.75) is 6.04 Å². The summed E-state index contributed by atoms with van der Waals surface area (Å²) in [6.07, 6.45) is -0.501. The lowest BCUT2D eigenvalue weighted by Gasteiger charge is -2.15. The number of nitrogens with one attached hydrogen (secondary N) is 1. The van der Waals surface area contributed by atoms with Crippen LogP contribution < -0.4 is 5.32 Å². The number of hydrogen-bond donors (Lipinski definition) is 1. The first kappa shape index (κ1) is 13.4. The lowest BCUT2D eigenvalue weighted by Crippen LogP contribution is -2.39. The maximum absolute atomic E-state index is 11.3. The number of alkyl carbamates (subject to hydrolysis) is 1. The highest BCUT2D eigenvalue weighted by Gasteiger charge is 2.26. The van der Waals surface area contributed by atoms with E-state index in [4.69, 9.17) is 0 Å². The Bertz CT molecular complexity index is 706. The van der Waals surface area contributed by atoms with E-state index < -0.39 is 6.09 Å². The molecule has 1 amide bonds. The topological polar surface area (TPSA) is 53.9 Å². The second-order valence-corrected chi connectivity index (χ2v) is 5.03. The predicted molar refractivity (Wildman–Crippen MR) is 82.3 cm³/mol. The molecule has 1 aliphatic heterocycles. The van der Waals surface area contributed by atoms with E-state index in [0.29, 0.717) is 5.96 Å². The summed E-state index contributed by atoms with van der Waals surface area (Å²) in [5.74, 6) is 0.541. The van der Waals surface area contributed by atoms with Crippen LogP contribution in [0.3, 0.4) is 0 Å². The Morgan fingerprint density at radius 3 is 2.86 bits per heavy atom. The SMILES string of the molecule is COC(=O)NC1=N[C@@H](c2cccc3ccccc23)CN1C. The zero-order chi connectivity index (χ0) is 14.8. The smallest absolute Gasteiger partial charge is 0.413 e. The maximum Gasteiger partial charge on any atom is 0.413 e. The van der Waals surface area contributed by atoms with E-state index >= 15 is 0 Å². The minimum atomic E-state index is -0.501. The highest BCUT2D eigenvalue weighted by atomic mass is 16.5. The molecular formula is C16H17N3O2. The van der Waals surface area contributed by atoms with Gasteiger partial charge in [-0.1, -0.05) is 42.5 Å². The van der Waals surface area contributed by atoms with Crippen LogP contribution in [-0.4, -0.2) is 37.7 Å². The first-order chi connectivity index (χ1) is 10.2. The number of ether oxygens (including phenoxy) is 1. The van der Waals surface area contributed by atoms with Gasteiger partial charge in [-0.3, -0.25) is 5.32 Å². The Hall–Kier alpha value is -2.56. The highest BCUT2D eigenvalue weighted by molar-refractivity contribution is 5.95. The molecule has 2 aromatic carbocycles. The number of nitrogens with zero attached hydrogens (tertiary/aromatic N) is 2. The number of likely N-dealkylation sites (N-methyl/N-ethyl adjacent to an activating group) is 1. The standard InChI is InChI=1S/C16H17N3O2/c1-19-10-14(17-15(19)18-16(20)21-2)13-9-5-7-11-6-3-4-8-12(11)13/h3-9,14H,10H2,1-2H3,(H,17,18,20)/t14-/m1/s1. The molecule has 0 saturated carbocycles. The van der Waals surface area contributed by atoms with Crippen LogP contribution in [0, 0.1) is 0 Å². The molecule has 1 aliphatic rings. The third-order valence-electron chi connectivity index (χ3n) is 3.67. The number of amides is 1. The Morgan fingerprint density at radius 1 is 1.29 bits per heavy atom. The molecule has 5 nitrogen and oxygen atoms in total. The number of carbonyl (C=O) groups is 1. The minimum Gasteiger partial charge on any atom is -0.453 e. The molecular weight excluding hydrogens is 266 g/mol. The zero-order valence-corrected chi connectivity index (χ0v) is 12.0. The van der Waals surface area contributed by atoms with Gasteiger partial charge in [0, 0.05) is 13.6 Å². The van der Waals surface area contributed by atoms with Crippen LogP contribution in [0.5, 0.6) is 0 Å². The van der Waals surface area contributed by atoms with Crippen LogP contribution in [0.25, 0.3) is 10.8 Å². The van der Waals surface area contributed by atoms with Crippen molar-refractivity contribution in [2.75, 3.05) is 20.7 Å². The fraction of sp³-hybridized carbons (Fsp3) is 0.250. The summed E-state index contributed by atoms with van der Waals surface area (Å²) in [6.45, 7) is 0.729. The van der Waals surface area contributed by atoms with Crippen molar-refractivity contribution in [1.82, 2.24) is 10.2 Å². The van der Waals surface area contributed by atoms with Gasteiger partial charge < -0.3 is 9.64 Å². The fourth-order valence-corrected chi connectivity index (χ4v) is 2.61. The van der Waals surface area contributed by atoms with Gasteiger partial charge in [0.15, 0.2) is 0 Å². The molecule has 1 N–H and O–H groups in total. The van der Waals surface area contributed by atoms with Crippen molar-refractivity contribution in [3.8, 4) is 0 Å². The van der Waals surface area contributed by atoms with Crippen molar-refractivity contribution in [2.24, 2.45) is 4.99 Å². The number of benzene rings is 2. The van der Waals surface area contributed by atoms with Crippen LogP contribution in [0.2, 0.25) is 0 Å². The van der Waals surface area contributed by atoms with E-state index in [1.54, 1.807) is 0 Å². The Kier molecular flexibility index (Phi) is 3.48. The Balaban J connectivity index is 1.95. The first-order valence-corrected chi connectivity index (χ1v) is 6.80. The molecule has 0 fully saturated rings. The minimum absolute atomic E-state index is 0.00764. The average Bonchev–Trinajstić information content (AvgIpc) is 2.87. The Morgan fingerprint density at radius 2 is 2.05 bits per heavy atom. The number of rotatable bonds is 1. The van der Waals surface area contributed by atoms with Crippen molar-refractivity contribution >= 4 is 22.8 Å². The molecule has 0 saturated heterocycles. The van der Waals surface area contributed by atoms with Crippen molar-refractivity contribution in [3.63, 3.8) is 0 Å². The van der Waals surface area contributed by atoms with Gasteiger partial charge in [0.05, 0.1) is 13.2 Å². The van der Waals surface area contributed by atoms with E-state index in [-0.39, 0.29) is 6.04 Å². The molecule has 5 heteroatoms. The number of aliphatic imine (C=N–C) groups is 1. The van der Waals surface area contributed by atoms with E-state index in [0.717, 1.165) is 6.54 Å². The molecule has 108 valence electrons. The number of carbonyl (C=O) groups excluding carboxylic acids is 1. The summed E-state index contributed by atoms with van der Waals surface area (Å²) in [5, 5.41) is 5.03. The van der Waals surface area contributed by atoms with E-state index in [1.165, 1.54) is 23.4 Å². The van der Waals surface area contributed by atoms with Crippen LogP contribution in [0.15, 0.2) is 47.5 Å². The normalized spacial score (nSPS) is 17.7. The van der Waals surface area contributed by atoms with Crippen LogP contribution in [0.4, 0.5) is 4.79 Å². The molecule has 0 radical (unpaired) electrons. The number of methoxy groups -OCH3 is 1. The van der Waals surface area contributed by atoms with Gasteiger partial charge in [-0.2, -0.15) is 0 Å². The Labute approximate surface area is 123 Å². The summed E-state index contributed by atoms with van der Waals surface area (Å²) in [5.41, 5.74) is 1.17.